The molecular weight excluding hydrogens is 594 g/mol. The number of fused-ring (bicyclic) bond motifs is 2. The number of thioether (sulfide) groups is 1. The van der Waals surface area contributed by atoms with Gasteiger partial charge in [-0.15, -0.1) is 0 Å². The molecule has 1 aromatic carbocycles. The quantitative estimate of drug-likeness (QED) is 0.337. The number of unbranched alkanes of at least 4 members (excludes halogenated alkanes) is 1. The third kappa shape index (κ3) is 8.88. The first-order valence-electron chi connectivity index (χ1n) is 16.1. The number of hydrogen-bond donors (Lipinski definition) is 3. The number of amides is 3. The molecule has 246 valence electrons. The molecule has 0 spiro atoms. The zero-order chi connectivity index (χ0) is 32.5. The molecule has 0 bridgehead atoms. The Kier molecular flexibility index (Phi) is 12.5. The fourth-order valence-electron chi connectivity index (χ4n) is 6.24. The fourth-order valence-corrected chi connectivity index (χ4v) is 6.88. The van der Waals surface area contributed by atoms with Crippen molar-refractivity contribution < 1.29 is 28.8 Å². The largest absolute Gasteiger partial charge is 0.417 e. The molecule has 0 unspecified atom stereocenters. The number of nitrogens with one attached hydrogen (secondary N) is 3. The Morgan fingerprint density at radius 3 is 2.49 bits per heavy atom. The summed E-state index contributed by atoms with van der Waals surface area (Å²) in [4.78, 5) is 74.2. The predicted octanol–water partition coefficient (Wildman–Crippen LogP) is 2.63. The van der Waals surface area contributed by atoms with E-state index in [9.17, 15) is 24.0 Å². The zero-order valence-corrected chi connectivity index (χ0v) is 27.6. The Balaban J connectivity index is 1.68. The second-order valence-electron chi connectivity index (χ2n) is 12.2. The molecule has 3 N–H and O–H groups in total. The van der Waals surface area contributed by atoms with E-state index in [1.165, 1.54) is 18.7 Å². The second-order valence-corrected chi connectivity index (χ2v) is 13.4. The average Bonchev–Trinajstić information content (AvgIpc) is 3.39. The Morgan fingerprint density at radius 1 is 1.02 bits per heavy atom. The summed E-state index contributed by atoms with van der Waals surface area (Å²) in [6, 6.07) is 4.46. The molecule has 0 radical (unpaired) electrons. The van der Waals surface area contributed by atoms with Gasteiger partial charge in [-0.2, -0.15) is 4.73 Å². The van der Waals surface area contributed by atoms with Crippen molar-refractivity contribution >= 4 is 51.3 Å². The molecule has 2 aliphatic rings. The van der Waals surface area contributed by atoms with Crippen molar-refractivity contribution in [2.45, 2.75) is 96.3 Å². The number of Topliss-reactive ketones (excluding diaryl/α,β-unsaturated/α-hetero) is 1. The summed E-state index contributed by atoms with van der Waals surface area (Å²) in [6.45, 7) is 6.07. The summed E-state index contributed by atoms with van der Waals surface area (Å²) >= 11 is 1.24. The monoisotopic (exact) mass is 641 g/mol. The molecule has 0 aliphatic carbocycles. The summed E-state index contributed by atoms with van der Waals surface area (Å²) < 4.78 is 1.62. The van der Waals surface area contributed by atoms with Gasteiger partial charge in [-0.25, -0.2) is 0 Å². The maximum atomic E-state index is 14.0. The van der Waals surface area contributed by atoms with Gasteiger partial charge < -0.3 is 20.8 Å². The van der Waals surface area contributed by atoms with Crippen molar-refractivity contribution in [3.8, 4) is 0 Å². The highest BCUT2D eigenvalue weighted by Gasteiger charge is 2.37. The van der Waals surface area contributed by atoms with Crippen LogP contribution >= 0.6 is 11.8 Å². The smallest absolute Gasteiger partial charge is 0.243 e. The Bertz CT molecular complexity index is 1380. The molecule has 1 aromatic heterocycles. The summed E-state index contributed by atoms with van der Waals surface area (Å²) in [5, 5.41) is 9.83. The first kappa shape index (κ1) is 34.5. The summed E-state index contributed by atoms with van der Waals surface area (Å²) in [5.41, 5.74) is 1.62. The molecule has 2 aromatic rings. The summed E-state index contributed by atoms with van der Waals surface area (Å²) in [6.07, 6.45) is 6.60. The van der Waals surface area contributed by atoms with Crippen LogP contribution < -0.4 is 20.8 Å². The highest BCUT2D eigenvalue weighted by molar-refractivity contribution is 8.13. The number of carbonyl (C=O) groups is 5. The van der Waals surface area contributed by atoms with Crippen molar-refractivity contribution in [1.82, 2.24) is 25.6 Å². The van der Waals surface area contributed by atoms with Gasteiger partial charge in [-0.3, -0.25) is 28.9 Å². The van der Waals surface area contributed by atoms with Crippen molar-refractivity contribution in [3.63, 3.8) is 0 Å². The standard InChI is InChI=1S/C33H47N5O6S/c1-5-21(2)30-29(40)20-37-16-10-8-15-28(37)33(43)34-25(13-9-11-17-45-22(3)39)31(41)35-26(32(42)36-30)18-23-19-38(44-4)27-14-7-6-12-24(23)27/h6-7,12,14,19,21,25-26,28,30H,5,8-11,13,15-18,20H2,1-4H3,(H,34,43)(H,35,41)(H,36,42)/t21-,25-,26-,28+,30-/m0/s1. The van der Waals surface area contributed by atoms with Crippen molar-refractivity contribution in [2.24, 2.45) is 5.92 Å². The summed E-state index contributed by atoms with van der Waals surface area (Å²) in [5.74, 6) is -0.839. The van der Waals surface area contributed by atoms with Crippen molar-refractivity contribution in [3.05, 3.63) is 36.0 Å². The molecule has 3 amide bonds. The molecule has 3 heterocycles. The average molecular weight is 642 g/mol. The van der Waals surface area contributed by atoms with E-state index < -0.39 is 36.0 Å². The van der Waals surface area contributed by atoms with E-state index in [0.717, 1.165) is 29.3 Å². The first-order chi connectivity index (χ1) is 21.6. The number of aromatic nitrogens is 1. The van der Waals surface area contributed by atoms with Crippen LogP contribution in [0.3, 0.4) is 0 Å². The van der Waals surface area contributed by atoms with Crippen LogP contribution in [0.15, 0.2) is 30.5 Å². The number of para-hydroxylation sites is 1. The Hall–Kier alpha value is -3.38. The lowest BCUT2D eigenvalue weighted by molar-refractivity contribution is -0.134. The van der Waals surface area contributed by atoms with Crippen molar-refractivity contribution in [2.75, 3.05) is 26.0 Å². The maximum Gasteiger partial charge on any atom is 0.243 e. The lowest BCUT2D eigenvalue weighted by atomic mass is 9.93. The van der Waals surface area contributed by atoms with Crippen LogP contribution in [0, 0.1) is 5.92 Å². The molecular formula is C33H47N5O6S. The molecule has 0 saturated carbocycles. The minimum atomic E-state index is -1.01. The highest BCUT2D eigenvalue weighted by Crippen LogP contribution is 2.23. The van der Waals surface area contributed by atoms with Crippen LogP contribution in [-0.2, 0) is 30.4 Å². The predicted molar refractivity (Wildman–Crippen MR) is 175 cm³/mol. The van der Waals surface area contributed by atoms with E-state index in [1.54, 1.807) is 18.0 Å². The van der Waals surface area contributed by atoms with Gasteiger partial charge in [0.25, 0.3) is 0 Å². The van der Waals surface area contributed by atoms with Crippen LogP contribution in [0.1, 0.15) is 71.3 Å². The zero-order valence-electron chi connectivity index (χ0n) is 26.8. The molecule has 4 rings (SSSR count). The number of carbonyl (C=O) groups excluding carboxylic acids is 5. The van der Waals surface area contributed by atoms with E-state index in [0.29, 0.717) is 44.4 Å². The maximum absolute atomic E-state index is 14.0. The molecule has 5 atom stereocenters. The molecule has 2 fully saturated rings. The lowest BCUT2D eigenvalue weighted by Gasteiger charge is -2.36. The van der Waals surface area contributed by atoms with Gasteiger partial charge in [0.1, 0.15) is 19.2 Å². The number of hydrogen-bond acceptors (Lipinski definition) is 8. The molecule has 2 aliphatic heterocycles. The Labute approximate surface area is 269 Å². The SMILES string of the molecule is CC[C@H](C)[C@@H]1NC(=O)[C@H](Cc2cn(OC)c3ccccc23)NC(=O)[C@H](CCCCSC(C)=O)NC(=O)[C@H]2CCCCN2CC1=O. The van der Waals surface area contributed by atoms with Gasteiger partial charge in [0.2, 0.25) is 17.7 Å². The number of rotatable bonds is 10. The second kappa shape index (κ2) is 16.3. The summed E-state index contributed by atoms with van der Waals surface area (Å²) in [7, 11) is 1.56. The van der Waals surface area contributed by atoms with Crippen LogP contribution in [0.5, 0.6) is 0 Å². The first-order valence-corrected chi connectivity index (χ1v) is 17.1. The minimum Gasteiger partial charge on any atom is -0.417 e. The van der Waals surface area contributed by atoms with Crippen LogP contribution in [-0.4, -0.2) is 88.4 Å². The minimum absolute atomic E-state index is 0.0365. The van der Waals surface area contributed by atoms with Crippen LogP contribution in [0.4, 0.5) is 0 Å². The number of nitrogens with zero attached hydrogens (tertiary/aromatic N) is 2. The highest BCUT2D eigenvalue weighted by atomic mass is 32.2. The van der Waals surface area contributed by atoms with Crippen molar-refractivity contribution in [1.29, 1.82) is 0 Å². The third-order valence-corrected chi connectivity index (χ3v) is 9.87. The van der Waals surface area contributed by atoms with Crippen LogP contribution in [0.2, 0.25) is 0 Å². The molecule has 11 nitrogen and oxygen atoms in total. The number of benzene rings is 1. The number of piperidine rings is 1. The molecule has 12 heteroatoms. The van der Waals surface area contributed by atoms with E-state index in [2.05, 4.69) is 16.0 Å². The number of ketones is 1. The van der Waals surface area contributed by atoms with Crippen LogP contribution in [0.25, 0.3) is 10.9 Å². The van der Waals surface area contributed by atoms with Gasteiger partial charge in [0.05, 0.1) is 24.1 Å². The molecule has 45 heavy (non-hydrogen) atoms. The van der Waals surface area contributed by atoms with E-state index in [1.807, 2.05) is 43.0 Å². The third-order valence-electron chi connectivity index (χ3n) is 8.97. The van der Waals surface area contributed by atoms with E-state index in [-0.39, 0.29) is 35.7 Å². The van der Waals surface area contributed by atoms with E-state index in [4.69, 9.17) is 4.84 Å². The van der Waals surface area contributed by atoms with Gasteiger partial charge in [-0.05, 0) is 49.8 Å². The normalized spacial score (nSPS) is 24.4. The topological polar surface area (TPSA) is 139 Å². The van der Waals surface area contributed by atoms with Gasteiger partial charge in [0, 0.05) is 30.7 Å². The van der Waals surface area contributed by atoms with Gasteiger partial charge in [0.15, 0.2) is 10.9 Å². The Morgan fingerprint density at radius 2 is 1.76 bits per heavy atom. The fraction of sp³-hybridized carbons (Fsp3) is 0.606. The van der Waals surface area contributed by atoms with E-state index >= 15 is 0 Å². The molecule has 2 saturated heterocycles. The lowest BCUT2D eigenvalue weighted by Crippen LogP contribution is -2.57. The van der Waals surface area contributed by atoms with Gasteiger partial charge >= 0.3 is 0 Å². The van der Waals surface area contributed by atoms with Gasteiger partial charge in [-0.1, -0.05) is 63.1 Å².